The predicted octanol–water partition coefficient (Wildman–Crippen LogP) is 4.66. The lowest BCUT2D eigenvalue weighted by Crippen LogP contribution is -2.07. The average Bonchev–Trinajstić information content (AvgIpc) is 3.09. The van der Waals surface area contributed by atoms with Crippen LogP contribution in [-0.2, 0) is 0 Å². The molecule has 0 radical (unpaired) electrons. The molecule has 0 atom stereocenters. The van der Waals surface area contributed by atoms with E-state index in [-0.39, 0.29) is 5.92 Å². The normalized spacial score (nSPS) is 15.6. The van der Waals surface area contributed by atoms with Crippen LogP contribution >= 0.6 is 0 Å². The highest BCUT2D eigenvalue weighted by Gasteiger charge is 2.25. The summed E-state index contributed by atoms with van der Waals surface area (Å²) in [6.07, 6.45) is 0. The van der Waals surface area contributed by atoms with Gasteiger partial charge in [-0.25, -0.2) is 4.98 Å². The standard InChI is InChI=1S/C18H16N2O2/c1-11(2)16(17-19-12-7-3-5-9-14(12)21-17)18-20-13-8-4-6-10-15(13)22-18/h3-11,19H,1-2H3. The van der Waals surface area contributed by atoms with Crippen molar-refractivity contribution in [2.45, 2.75) is 13.8 Å². The van der Waals surface area contributed by atoms with Crippen molar-refractivity contribution in [3.8, 4) is 5.75 Å². The van der Waals surface area contributed by atoms with Gasteiger partial charge in [0.1, 0.15) is 5.52 Å². The van der Waals surface area contributed by atoms with E-state index in [0.717, 1.165) is 28.1 Å². The number of nitrogens with one attached hydrogen (secondary N) is 1. The van der Waals surface area contributed by atoms with Crippen molar-refractivity contribution in [1.82, 2.24) is 4.98 Å². The molecule has 1 N–H and O–H groups in total. The van der Waals surface area contributed by atoms with Crippen molar-refractivity contribution in [3.05, 3.63) is 60.3 Å². The second-order valence-corrected chi connectivity index (χ2v) is 5.61. The minimum Gasteiger partial charge on any atom is -0.438 e. The second kappa shape index (κ2) is 4.91. The molecule has 0 saturated heterocycles. The molecule has 0 bridgehead atoms. The third-order valence-corrected chi connectivity index (χ3v) is 3.69. The zero-order chi connectivity index (χ0) is 15.1. The summed E-state index contributed by atoms with van der Waals surface area (Å²) in [5, 5.41) is 3.32. The SMILES string of the molecule is CC(C)C(=C1Nc2ccccc2O1)c1nc2ccccc2o1. The first-order valence-corrected chi connectivity index (χ1v) is 7.36. The van der Waals surface area contributed by atoms with Gasteiger partial charge in [-0.3, -0.25) is 0 Å². The summed E-state index contributed by atoms with van der Waals surface area (Å²) in [7, 11) is 0. The van der Waals surface area contributed by atoms with E-state index in [1.165, 1.54) is 0 Å². The van der Waals surface area contributed by atoms with E-state index in [4.69, 9.17) is 9.15 Å². The Hall–Kier alpha value is -2.75. The molecule has 2 aromatic carbocycles. The van der Waals surface area contributed by atoms with Crippen molar-refractivity contribution in [1.29, 1.82) is 0 Å². The fourth-order valence-corrected chi connectivity index (χ4v) is 2.63. The topological polar surface area (TPSA) is 47.3 Å². The maximum atomic E-state index is 5.95. The Morgan fingerprint density at radius 1 is 1.05 bits per heavy atom. The molecule has 3 aromatic rings. The molecule has 4 heteroatoms. The summed E-state index contributed by atoms with van der Waals surface area (Å²) >= 11 is 0. The smallest absolute Gasteiger partial charge is 0.228 e. The first-order valence-electron chi connectivity index (χ1n) is 7.36. The lowest BCUT2D eigenvalue weighted by Gasteiger charge is -2.10. The quantitative estimate of drug-likeness (QED) is 0.746. The lowest BCUT2D eigenvalue weighted by atomic mass is 10.0. The van der Waals surface area contributed by atoms with Gasteiger partial charge < -0.3 is 14.5 Å². The minimum absolute atomic E-state index is 0.213. The van der Waals surface area contributed by atoms with Gasteiger partial charge in [0.05, 0.1) is 11.3 Å². The molecule has 1 aromatic heterocycles. The number of rotatable bonds is 2. The summed E-state index contributed by atoms with van der Waals surface area (Å²) in [4.78, 5) is 4.60. The highest BCUT2D eigenvalue weighted by Crippen LogP contribution is 2.38. The summed E-state index contributed by atoms with van der Waals surface area (Å²) in [5.41, 5.74) is 3.54. The number of ether oxygens (including phenoxy) is 1. The largest absolute Gasteiger partial charge is 0.438 e. The second-order valence-electron chi connectivity index (χ2n) is 5.61. The highest BCUT2D eigenvalue weighted by atomic mass is 16.5. The van der Waals surface area contributed by atoms with Gasteiger partial charge in [-0.2, -0.15) is 0 Å². The minimum atomic E-state index is 0.213. The number of nitrogens with zero attached hydrogens (tertiary/aromatic N) is 1. The third kappa shape index (κ3) is 2.04. The van der Waals surface area contributed by atoms with Gasteiger partial charge in [0.15, 0.2) is 11.3 Å². The van der Waals surface area contributed by atoms with Crippen LogP contribution in [0.15, 0.2) is 58.8 Å². The van der Waals surface area contributed by atoms with Crippen molar-refractivity contribution < 1.29 is 9.15 Å². The number of fused-ring (bicyclic) bond motifs is 2. The number of anilines is 1. The van der Waals surface area contributed by atoms with E-state index in [2.05, 4.69) is 24.1 Å². The third-order valence-electron chi connectivity index (χ3n) is 3.69. The lowest BCUT2D eigenvalue weighted by molar-refractivity contribution is 0.450. The van der Waals surface area contributed by atoms with Gasteiger partial charge in [-0.15, -0.1) is 0 Å². The molecular formula is C18H16N2O2. The Morgan fingerprint density at radius 3 is 2.59 bits per heavy atom. The van der Waals surface area contributed by atoms with Gasteiger partial charge in [0.25, 0.3) is 0 Å². The molecular weight excluding hydrogens is 276 g/mol. The van der Waals surface area contributed by atoms with E-state index < -0.39 is 0 Å². The summed E-state index contributed by atoms with van der Waals surface area (Å²) in [6.45, 7) is 4.20. The van der Waals surface area contributed by atoms with Gasteiger partial charge in [-0.05, 0) is 30.2 Å². The molecule has 0 fully saturated rings. The maximum Gasteiger partial charge on any atom is 0.228 e. The molecule has 0 aliphatic carbocycles. The van der Waals surface area contributed by atoms with Crippen molar-refractivity contribution in [3.63, 3.8) is 0 Å². The number of oxazole rings is 1. The zero-order valence-corrected chi connectivity index (χ0v) is 12.5. The van der Waals surface area contributed by atoms with Crippen molar-refractivity contribution in [2.75, 3.05) is 5.32 Å². The van der Waals surface area contributed by atoms with Crippen LogP contribution < -0.4 is 10.1 Å². The van der Waals surface area contributed by atoms with E-state index in [0.29, 0.717) is 11.8 Å². The molecule has 0 unspecified atom stereocenters. The Labute approximate surface area is 128 Å². The highest BCUT2D eigenvalue weighted by molar-refractivity contribution is 5.79. The fourth-order valence-electron chi connectivity index (χ4n) is 2.63. The molecule has 1 aliphatic rings. The zero-order valence-electron chi connectivity index (χ0n) is 12.5. The average molecular weight is 292 g/mol. The molecule has 1 aliphatic heterocycles. The molecule has 0 saturated carbocycles. The number of hydrogen-bond acceptors (Lipinski definition) is 4. The van der Waals surface area contributed by atoms with Crippen LogP contribution in [0.1, 0.15) is 19.7 Å². The number of benzene rings is 2. The van der Waals surface area contributed by atoms with E-state index in [1.807, 2.05) is 48.5 Å². The molecule has 110 valence electrons. The van der Waals surface area contributed by atoms with Crippen LogP contribution in [0.4, 0.5) is 5.69 Å². The Morgan fingerprint density at radius 2 is 1.82 bits per heavy atom. The van der Waals surface area contributed by atoms with Crippen LogP contribution in [-0.4, -0.2) is 4.98 Å². The number of hydrogen-bond donors (Lipinski definition) is 1. The van der Waals surface area contributed by atoms with Crippen LogP contribution in [0.3, 0.4) is 0 Å². The van der Waals surface area contributed by atoms with Crippen LogP contribution in [0.25, 0.3) is 16.7 Å². The van der Waals surface area contributed by atoms with Crippen molar-refractivity contribution >= 4 is 22.4 Å². The molecule has 22 heavy (non-hydrogen) atoms. The van der Waals surface area contributed by atoms with Crippen LogP contribution in [0.2, 0.25) is 0 Å². The first-order chi connectivity index (χ1) is 10.7. The van der Waals surface area contributed by atoms with Gasteiger partial charge in [-0.1, -0.05) is 38.1 Å². The Balaban J connectivity index is 1.84. The van der Waals surface area contributed by atoms with E-state index in [9.17, 15) is 0 Å². The van der Waals surface area contributed by atoms with Gasteiger partial charge in [0.2, 0.25) is 11.8 Å². The van der Waals surface area contributed by atoms with E-state index in [1.54, 1.807) is 0 Å². The number of para-hydroxylation sites is 4. The first kappa shape index (κ1) is 13.0. The summed E-state index contributed by atoms with van der Waals surface area (Å²) in [6, 6.07) is 15.6. The van der Waals surface area contributed by atoms with Gasteiger partial charge >= 0.3 is 0 Å². The number of aromatic nitrogens is 1. The van der Waals surface area contributed by atoms with Crippen molar-refractivity contribution in [2.24, 2.45) is 5.92 Å². The Bertz CT molecular complexity index is 817. The van der Waals surface area contributed by atoms with Crippen LogP contribution in [0, 0.1) is 5.92 Å². The molecule has 0 amide bonds. The summed E-state index contributed by atoms with van der Waals surface area (Å²) < 4.78 is 11.9. The molecule has 4 nitrogen and oxygen atoms in total. The van der Waals surface area contributed by atoms with Gasteiger partial charge in [0, 0.05) is 0 Å². The molecule has 4 rings (SSSR count). The van der Waals surface area contributed by atoms with E-state index >= 15 is 0 Å². The molecule has 0 spiro atoms. The Kier molecular flexibility index (Phi) is 2.89. The fraction of sp³-hybridized carbons (Fsp3) is 0.167. The van der Waals surface area contributed by atoms with Crippen LogP contribution in [0.5, 0.6) is 5.75 Å². The monoisotopic (exact) mass is 292 g/mol. The molecule has 2 heterocycles. The maximum absolute atomic E-state index is 5.95. The predicted molar refractivity (Wildman–Crippen MR) is 86.5 cm³/mol. The number of allylic oxidation sites excluding steroid dienone is 1. The summed E-state index contributed by atoms with van der Waals surface area (Å²) in [5.74, 6) is 2.34.